The van der Waals surface area contributed by atoms with E-state index in [1.807, 2.05) is 0 Å². The minimum Gasteiger partial charge on any atom is -0.376 e. The van der Waals surface area contributed by atoms with E-state index in [4.69, 9.17) is 4.74 Å². The van der Waals surface area contributed by atoms with E-state index in [0.717, 1.165) is 32.3 Å². The van der Waals surface area contributed by atoms with E-state index in [2.05, 4.69) is 17.6 Å². The van der Waals surface area contributed by atoms with E-state index in [-0.39, 0.29) is 36.2 Å². The largest absolute Gasteiger partial charge is 0.376 e. The Morgan fingerprint density at radius 2 is 2.11 bits per heavy atom. The highest BCUT2D eigenvalue weighted by atomic mass is 16.5. The maximum absolute atomic E-state index is 12.7. The number of carbonyl (C=O) groups is 3. The van der Waals surface area contributed by atoms with Crippen molar-refractivity contribution >= 4 is 23.4 Å². The third kappa shape index (κ3) is 5.10. The van der Waals surface area contributed by atoms with Gasteiger partial charge in [0.1, 0.15) is 0 Å². The molecule has 0 saturated carbocycles. The van der Waals surface area contributed by atoms with Gasteiger partial charge >= 0.3 is 0 Å². The van der Waals surface area contributed by atoms with Crippen LogP contribution in [-0.2, 0) is 14.3 Å². The molecule has 3 amide bonds. The molecule has 28 heavy (non-hydrogen) atoms. The van der Waals surface area contributed by atoms with Crippen LogP contribution in [0, 0.1) is 5.92 Å². The first-order valence-electron chi connectivity index (χ1n) is 10.2. The molecule has 2 atom stereocenters. The number of carbonyl (C=O) groups excluding carboxylic acids is 3. The van der Waals surface area contributed by atoms with Gasteiger partial charge in [0.05, 0.1) is 23.3 Å². The van der Waals surface area contributed by atoms with Crippen molar-refractivity contribution in [1.29, 1.82) is 0 Å². The van der Waals surface area contributed by atoms with Crippen molar-refractivity contribution in [3.8, 4) is 0 Å². The van der Waals surface area contributed by atoms with Crippen molar-refractivity contribution in [2.24, 2.45) is 5.92 Å². The SMILES string of the molecule is CCCCN1C[C@@H](C(=O)Nc2ccccc2C(=O)NC[C@@H]2CCCO2)CC1=O. The molecule has 7 nitrogen and oxygen atoms in total. The summed E-state index contributed by atoms with van der Waals surface area (Å²) in [4.78, 5) is 39.1. The standard InChI is InChI=1S/C21H29N3O4/c1-2-3-10-24-14-15(12-19(24)25)20(26)23-18-9-5-4-8-17(18)21(27)22-13-16-7-6-11-28-16/h4-5,8-9,15-16H,2-3,6-7,10-14H2,1H3,(H,22,27)(H,23,26)/t15-,16-/m0/s1. The molecule has 2 heterocycles. The Bertz CT molecular complexity index is 715. The van der Waals surface area contributed by atoms with E-state index in [1.54, 1.807) is 29.2 Å². The quantitative estimate of drug-likeness (QED) is 0.716. The minimum absolute atomic E-state index is 0.0243. The molecule has 1 aromatic rings. The van der Waals surface area contributed by atoms with Gasteiger partial charge in [-0.15, -0.1) is 0 Å². The molecule has 2 saturated heterocycles. The number of amides is 3. The van der Waals surface area contributed by atoms with Gasteiger partial charge < -0.3 is 20.3 Å². The number of nitrogens with one attached hydrogen (secondary N) is 2. The fourth-order valence-electron chi connectivity index (χ4n) is 3.64. The zero-order chi connectivity index (χ0) is 19.9. The monoisotopic (exact) mass is 387 g/mol. The summed E-state index contributed by atoms with van der Waals surface area (Å²) in [7, 11) is 0. The second kappa shape index (κ2) is 9.68. The Hall–Kier alpha value is -2.41. The number of nitrogens with zero attached hydrogens (tertiary/aromatic N) is 1. The van der Waals surface area contributed by atoms with Crippen LogP contribution in [0.1, 0.15) is 49.4 Å². The highest BCUT2D eigenvalue weighted by Crippen LogP contribution is 2.22. The smallest absolute Gasteiger partial charge is 0.253 e. The van der Waals surface area contributed by atoms with E-state index in [9.17, 15) is 14.4 Å². The summed E-state index contributed by atoms with van der Waals surface area (Å²) in [5.41, 5.74) is 0.887. The predicted octanol–water partition coefficient (Wildman–Crippen LogP) is 2.18. The molecule has 0 aromatic heterocycles. The topological polar surface area (TPSA) is 87.7 Å². The maximum Gasteiger partial charge on any atom is 0.253 e. The molecule has 7 heteroatoms. The van der Waals surface area contributed by atoms with Crippen LogP contribution in [0.5, 0.6) is 0 Å². The predicted molar refractivity (Wildman–Crippen MR) is 106 cm³/mol. The Balaban J connectivity index is 1.58. The fraction of sp³-hybridized carbons (Fsp3) is 0.571. The minimum atomic E-state index is -0.382. The van der Waals surface area contributed by atoms with Crippen molar-refractivity contribution in [2.75, 3.05) is 31.6 Å². The Morgan fingerprint density at radius 3 is 2.86 bits per heavy atom. The van der Waals surface area contributed by atoms with E-state index in [1.165, 1.54) is 0 Å². The number of likely N-dealkylation sites (tertiary alicyclic amines) is 1. The van der Waals surface area contributed by atoms with Gasteiger partial charge in [0, 0.05) is 32.7 Å². The third-order valence-corrected chi connectivity index (χ3v) is 5.31. The van der Waals surface area contributed by atoms with E-state index >= 15 is 0 Å². The molecule has 3 rings (SSSR count). The molecule has 0 spiro atoms. The molecule has 0 bridgehead atoms. The highest BCUT2D eigenvalue weighted by Gasteiger charge is 2.34. The summed E-state index contributed by atoms with van der Waals surface area (Å²) >= 11 is 0. The molecular weight excluding hydrogens is 358 g/mol. The van der Waals surface area contributed by atoms with Crippen molar-refractivity contribution in [1.82, 2.24) is 10.2 Å². The van der Waals surface area contributed by atoms with Gasteiger partial charge in [-0.1, -0.05) is 25.5 Å². The average Bonchev–Trinajstić information content (AvgIpc) is 3.34. The van der Waals surface area contributed by atoms with Crippen molar-refractivity contribution < 1.29 is 19.1 Å². The maximum atomic E-state index is 12.7. The molecule has 1 aromatic carbocycles. The van der Waals surface area contributed by atoms with Crippen molar-refractivity contribution in [3.05, 3.63) is 29.8 Å². The molecule has 2 aliphatic heterocycles. The molecule has 0 radical (unpaired) electrons. The molecule has 2 aliphatic rings. The lowest BCUT2D eigenvalue weighted by Crippen LogP contribution is -2.33. The highest BCUT2D eigenvalue weighted by molar-refractivity contribution is 6.05. The number of rotatable bonds is 8. The summed E-state index contributed by atoms with van der Waals surface area (Å²) in [6.07, 6.45) is 4.20. The first-order valence-corrected chi connectivity index (χ1v) is 10.2. The second-order valence-corrected chi connectivity index (χ2v) is 7.47. The lowest BCUT2D eigenvalue weighted by atomic mass is 10.1. The summed E-state index contributed by atoms with van der Waals surface area (Å²) in [5, 5.41) is 5.73. The number of hydrogen-bond donors (Lipinski definition) is 2. The van der Waals surface area contributed by atoms with Crippen LogP contribution in [-0.4, -0.2) is 55.0 Å². The van der Waals surface area contributed by atoms with E-state index < -0.39 is 0 Å². The lowest BCUT2D eigenvalue weighted by molar-refractivity contribution is -0.128. The van der Waals surface area contributed by atoms with Crippen molar-refractivity contribution in [3.63, 3.8) is 0 Å². The molecule has 0 unspecified atom stereocenters. The second-order valence-electron chi connectivity index (χ2n) is 7.47. The summed E-state index contributed by atoms with van der Waals surface area (Å²) in [6.45, 7) is 4.41. The van der Waals surface area contributed by atoms with E-state index in [0.29, 0.717) is 30.9 Å². The Labute approximate surface area is 165 Å². The van der Waals surface area contributed by atoms with Gasteiger partial charge in [0.25, 0.3) is 5.91 Å². The number of unbranched alkanes of at least 4 members (excludes halogenated alkanes) is 1. The number of hydrogen-bond acceptors (Lipinski definition) is 4. The van der Waals surface area contributed by atoms with Crippen LogP contribution in [0.2, 0.25) is 0 Å². The van der Waals surface area contributed by atoms with Gasteiger partial charge in [-0.25, -0.2) is 0 Å². The van der Waals surface area contributed by atoms with Crippen LogP contribution >= 0.6 is 0 Å². The first kappa shape index (κ1) is 20.3. The van der Waals surface area contributed by atoms with Crippen LogP contribution < -0.4 is 10.6 Å². The summed E-state index contributed by atoms with van der Waals surface area (Å²) in [5.74, 6) is -0.811. The normalized spacial score (nSPS) is 21.8. The van der Waals surface area contributed by atoms with Gasteiger partial charge in [-0.05, 0) is 31.4 Å². The Kier molecular flexibility index (Phi) is 7.03. The molecular formula is C21H29N3O4. The third-order valence-electron chi connectivity index (χ3n) is 5.31. The summed E-state index contributed by atoms with van der Waals surface area (Å²) in [6, 6.07) is 6.94. The van der Waals surface area contributed by atoms with Gasteiger partial charge in [-0.3, -0.25) is 14.4 Å². The van der Waals surface area contributed by atoms with Crippen LogP contribution in [0.25, 0.3) is 0 Å². The van der Waals surface area contributed by atoms with Gasteiger partial charge in [0.15, 0.2) is 0 Å². The van der Waals surface area contributed by atoms with Crippen LogP contribution in [0.15, 0.2) is 24.3 Å². The Morgan fingerprint density at radius 1 is 1.29 bits per heavy atom. The molecule has 0 aliphatic carbocycles. The first-order chi connectivity index (χ1) is 13.6. The number of ether oxygens (including phenoxy) is 1. The fourth-order valence-corrected chi connectivity index (χ4v) is 3.64. The van der Waals surface area contributed by atoms with Crippen LogP contribution in [0.3, 0.4) is 0 Å². The molecule has 152 valence electrons. The molecule has 2 fully saturated rings. The average molecular weight is 387 g/mol. The lowest BCUT2D eigenvalue weighted by Gasteiger charge is -2.17. The summed E-state index contributed by atoms with van der Waals surface area (Å²) < 4.78 is 5.53. The number of benzene rings is 1. The molecule has 2 N–H and O–H groups in total. The number of para-hydroxylation sites is 1. The van der Waals surface area contributed by atoms with Crippen LogP contribution in [0.4, 0.5) is 5.69 Å². The number of anilines is 1. The van der Waals surface area contributed by atoms with Crippen molar-refractivity contribution in [2.45, 2.75) is 45.1 Å². The van der Waals surface area contributed by atoms with Gasteiger partial charge in [0.2, 0.25) is 11.8 Å². The zero-order valence-corrected chi connectivity index (χ0v) is 16.4. The zero-order valence-electron chi connectivity index (χ0n) is 16.4. The van der Waals surface area contributed by atoms with Gasteiger partial charge in [-0.2, -0.15) is 0 Å².